The highest BCUT2D eigenvalue weighted by Gasteiger charge is 2.58. The van der Waals surface area contributed by atoms with Crippen LogP contribution in [0.3, 0.4) is 0 Å². The average Bonchev–Trinajstić information content (AvgIpc) is 3.10. The quantitative estimate of drug-likeness (QED) is 0.730. The number of pyridine rings is 1. The molecule has 3 N–H and O–H groups in total. The molecule has 2 amide bonds. The molecule has 8 nitrogen and oxygen atoms in total. The van der Waals surface area contributed by atoms with E-state index in [4.69, 9.17) is 16.9 Å². The van der Waals surface area contributed by atoms with Gasteiger partial charge in [0.05, 0.1) is 18.6 Å². The fourth-order valence-electron chi connectivity index (χ4n) is 3.99. The third kappa shape index (κ3) is 3.31. The predicted octanol–water partition coefficient (Wildman–Crippen LogP) is 1.47. The summed E-state index contributed by atoms with van der Waals surface area (Å²) in [5, 5.41) is 2.69. The Bertz CT molecular complexity index is 1140. The molecule has 0 aliphatic carbocycles. The Morgan fingerprint density at radius 1 is 1.42 bits per heavy atom. The number of nitrogens with two attached hydrogens (primary N) is 1. The largest absolute Gasteiger partial charge is 0.375 e. The van der Waals surface area contributed by atoms with Gasteiger partial charge in [-0.2, -0.15) is 0 Å². The van der Waals surface area contributed by atoms with Crippen LogP contribution in [0, 0.1) is 24.1 Å². The number of hydrogen-bond acceptors (Lipinski definition) is 6. The number of carbonyl (C=O) groups is 2. The number of fused-ring (bicyclic) bond motifs is 1. The summed E-state index contributed by atoms with van der Waals surface area (Å²) in [6.07, 6.45) is 6.23. The maximum atomic E-state index is 15.0. The summed E-state index contributed by atoms with van der Waals surface area (Å²) in [6.45, 7) is 1.73. The van der Waals surface area contributed by atoms with Crippen molar-refractivity contribution in [3.05, 3.63) is 59.2 Å². The van der Waals surface area contributed by atoms with Gasteiger partial charge in [0.1, 0.15) is 17.1 Å². The molecule has 2 aliphatic heterocycles. The number of ether oxygens (including phenoxy) is 1. The number of terminal acetylenes is 1. The molecule has 1 aromatic carbocycles. The topological polar surface area (TPSA) is 110 Å². The highest BCUT2D eigenvalue weighted by Crippen LogP contribution is 2.47. The van der Waals surface area contributed by atoms with Gasteiger partial charge in [0.25, 0.3) is 5.91 Å². The Hall–Kier alpha value is -3.77. The number of aromatic nitrogens is 1. The van der Waals surface area contributed by atoms with E-state index in [1.165, 1.54) is 42.4 Å². The second-order valence-electron chi connectivity index (χ2n) is 7.51. The van der Waals surface area contributed by atoms with E-state index >= 15 is 0 Å². The summed E-state index contributed by atoms with van der Waals surface area (Å²) >= 11 is 0. The minimum Gasteiger partial charge on any atom is -0.375 e. The molecule has 31 heavy (non-hydrogen) atoms. The van der Waals surface area contributed by atoms with Crippen LogP contribution in [0.5, 0.6) is 0 Å². The van der Waals surface area contributed by atoms with Crippen LogP contribution in [-0.4, -0.2) is 47.4 Å². The predicted molar refractivity (Wildman–Crippen MR) is 111 cm³/mol. The molecule has 9 heteroatoms. The molecule has 1 aromatic heterocycles. The first-order chi connectivity index (χ1) is 14.8. The summed E-state index contributed by atoms with van der Waals surface area (Å²) < 4.78 is 20.7. The van der Waals surface area contributed by atoms with E-state index in [9.17, 15) is 14.0 Å². The van der Waals surface area contributed by atoms with Crippen LogP contribution in [-0.2, 0) is 15.1 Å². The van der Waals surface area contributed by atoms with Crippen LogP contribution >= 0.6 is 0 Å². The molecule has 0 spiro atoms. The summed E-state index contributed by atoms with van der Waals surface area (Å²) in [7, 11) is 1.52. The summed E-state index contributed by atoms with van der Waals surface area (Å²) in [5.74, 6) is 0.285. The van der Waals surface area contributed by atoms with E-state index in [1.807, 2.05) is 0 Å². The molecule has 0 radical (unpaired) electrons. The number of carbonyl (C=O) groups excluding carboxylic acids is 2. The standard InChI is InChI=1S/C22H20FN5O3/c1-4-13-5-8-17(25-10-13)19(29)26-14-6-7-16(23)15(9-14)22-11-31-12(2)18(22)20(30)28(3)21(24)27-22/h1,5-10,12,18H,11H2,2-3H3,(H2,24,27)(H,26,29)/t12-,18+,22-/m1/s1. The third-order valence-corrected chi connectivity index (χ3v) is 5.66. The Kier molecular flexibility index (Phi) is 4.95. The zero-order chi connectivity index (χ0) is 22.3. The monoisotopic (exact) mass is 421 g/mol. The van der Waals surface area contributed by atoms with E-state index in [0.29, 0.717) is 11.3 Å². The van der Waals surface area contributed by atoms with Crippen LogP contribution in [0.2, 0.25) is 0 Å². The van der Waals surface area contributed by atoms with E-state index < -0.39 is 29.3 Å². The summed E-state index contributed by atoms with van der Waals surface area (Å²) in [6, 6.07) is 7.18. The number of rotatable bonds is 3. The fourth-order valence-corrected chi connectivity index (χ4v) is 3.99. The zero-order valence-corrected chi connectivity index (χ0v) is 16.9. The van der Waals surface area contributed by atoms with Crippen molar-refractivity contribution in [3.8, 4) is 12.3 Å². The zero-order valence-electron chi connectivity index (χ0n) is 16.9. The lowest BCUT2D eigenvalue weighted by Gasteiger charge is -2.38. The van der Waals surface area contributed by atoms with Gasteiger partial charge in [-0.05, 0) is 37.3 Å². The Labute approximate surface area is 178 Å². The van der Waals surface area contributed by atoms with Gasteiger partial charge in [-0.1, -0.05) is 5.92 Å². The van der Waals surface area contributed by atoms with Crippen molar-refractivity contribution < 1.29 is 18.7 Å². The van der Waals surface area contributed by atoms with E-state index in [-0.39, 0.29) is 29.7 Å². The molecule has 2 aromatic rings. The average molecular weight is 421 g/mol. The highest BCUT2D eigenvalue weighted by molar-refractivity contribution is 6.03. The third-order valence-electron chi connectivity index (χ3n) is 5.66. The van der Waals surface area contributed by atoms with Crippen molar-refractivity contribution in [2.75, 3.05) is 19.0 Å². The smallest absolute Gasteiger partial charge is 0.274 e. The number of hydrogen-bond donors (Lipinski definition) is 2. The minimum atomic E-state index is -1.31. The van der Waals surface area contributed by atoms with Crippen molar-refractivity contribution in [2.45, 2.75) is 18.6 Å². The van der Waals surface area contributed by atoms with Crippen molar-refractivity contribution in [1.29, 1.82) is 0 Å². The van der Waals surface area contributed by atoms with Crippen LogP contribution in [0.15, 0.2) is 41.5 Å². The van der Waals surface area contributed by atoms with Crippen LogP contribution in [0.25, 0.3) is 0 Å². The maximum absolute atomic E-state index is 15.0. The van der Waals surface area contributed by atoms with E-state index in [1.54, 1.807) is 13.0 Å². The van der Waals surface area contributed by atoms with Crippen LogP contribution in [0.1, 0.15) is 28.5 Å². The maximum Gasteiger partial charge on any atom is 0.274 e. The molecule has 0 unspecified atom stereocenters. The highest BCUT2D eigenvalue weighted by atomic mass is 19.1. The van der Waals surface area contributed by atoms with Gasteiger partial charge in [-0.15, -0.1) is 6.42 Å². The number of amides is 2. The van der Waals surface area contributed by atoms with Crippen molar-refractivity contribution in [1.82, 2.24) is 9.88 Å². The van der Waals surface area contributed by atoms with Gasteiger partial charge in [0.2, 0.25) is 5.91 Å². The number of nitrogens with one attached hydrogen (secondary N) is 1. The molecular weight excluding hydrogens is 401 g/mol. The van der Waals surface area contributed by atoms with Gasteiger partial charge >= 0.3 is 0 Å². The summed E-state index contributed by atoms with van der Waals surface area (Å²) in [4.78, 5) is 35.2. The molecule has 2 aliphatic rings. The first-order valence-electron chi connectivity index (χ1n) is 9.55. The second kappa shape index (κ2) is 7.49. The lowest BCUT2D eigenvalue weighted by Crippen LogP contribution is -2.55. The minimum absolute atomic E-state index is 0.0114. The summed E-state index contributed by atoms with van der Waals surface area (Å²) in [5.41, 5.74) is 5.77. The van der Waals surface area contributed by atoms with Crippen LogP contribution < -0.4 is 11.1 Å². The lowest BCUT2D eigenvalue weighted by molar-refractivity contribution is -0.134. The lowest BCUT2D eigenvalue weighted by atomic mass is 9.76. The van der Waals surface area contributed by atoms with Crippen LogP contribution in [0.4, 0.5) is 10.1 Å². The number of nitrogens with zero attached hydrogens (tertiary/aromatic N) is 3. The van der Waals surface area contributed by atoms with Gasteiger partial charge in [-0.3, -0.25) is 14.5 Å². The van der Waals surface area contributed by atoms with Crippen molar-refractivity contribution in [3.63, 3.8) is 0 Å². The molecule has 0 bridgehead atoms. The molecule has 3 heterocycles. The molecule has 3 atom stereocenters. The number of guanidine groups is 1. The molecule has 158 valence electrons. The molecule has 4 rings (SSSR count). The molecule has 0 saturated carbocycles. The van der Waals surface area contributed by atoms with Crippen molar-refractivity contribution in [2.24, 2.45) is 16.6 Å². The molecule has 1 saturated heterocycles. The van der Waals surface area contributed by atoms with Gasteiger partial charge in [0.15, 0.2) is 5.96 Å². The Balaban J connectivity index is 1.71. The van der Waals surface area contributed by atoms with E-state index in [0.717, 1.165) is 0 Å². The number of anilines is 1. The second-order valence-corrected chi connectivity index (χ2v) is 7.51. The molecule has 1 fully saturated rings. The Morgan fingerprint density at radius 3 is 2.87 bits per heavy atom. The SMILES string of the molecule is C#Cc1ccc(C(=O)Nc2ccc(F)c([C@]34CO[C@H](C)[C@H]3C(=O)N(C)C(N)=N4)c2)nc1. The van der Waals surface area contributed by atoms with Gasteiger partial charge < -0.3 is 15.8 Å². The van der Waals surface area contributed by atoms with Gasteiger partial charge in [0, 0.05) is 30.1 Å². The first kappa shape index (κ1) is 20.5. The number of benzene rings is 1. The Morgan fingerprint density at radius 2 is 2.19 bits per heavy atom. The normalized spacial score (nSPS) is 24.9. The van der Waals surface area contributed by atoms with Gasteiger partial charge in [-0.25, -0.2) is 14.4 Å². The number of halogens is 1. The fraction of sp³-hybridized carbons (Fsp3) is 0.273. The first-order valence-corrected chi connectivity index (χ1v) is 9.55. The van der Waals surface area contributed by atoms with E-state index in [2.05, 4.69) is 21.2 Å². The molecular formula is C22H20FN5O3. The number of aliphatic imine (C=N–C) groups is 1. The van der Waals surface area contributed by atoms with Crippen molar-refractivity contribution >= 4 is 23.5 Å².